The number of hydrogen-bond donors (Lipinski definition) is 0. The lowest BCUT2D eigenvalue weighted by Crippen LogP contribution is -2.50. The lowest BCUT2D eigenvalue weighted by Gasteiger charge is -2.40. The fourth-order valence-corrected chi connectivity index (χ4v) is 2.44. The van der Waals surface area contributed by atoms with Crippen molar-refractivity contribution in [1.82, 2.24) is 19.8 Å². The Balaban J connectivity index is 1.95. The molecule has 6 nitrogen and oxygen atoms in total. The average molecular weight is 297 g/mol. The summed E-state index contributed by atoms with van der Waals surface area (Å²) in [5.74, 6) is 0.200. The molecule has 0 aromatic carbocycles. The Labute approximate surface area is 120 Å². The molecule has 1 saturated heterocycles. The van der Waals surface area contributed by atoms with E-state index in [1.807, 2.05) is 11.8 Å². The molecule has 0 spiro atoms. The van der Waals surface area contributed by atoms with Crippen LogP contribution in [-0.2, 0) is 4.74 Å². The van der Waals surface area contributed by atoms with Crippen molar-refractivity contribution in [3.63, 3.8) is 0 Å². The molecule has 1 aliphatic rings. The number of aromatic nitrogens is 4. The number of anilines is 1. The molecule has 0 N–H and O–H groups in total. The van der Waals surface area contributed by atoms with E-state index in [0.717, 1.165) is 10.9 Å². The second kappa shape index (κ2) is 5.18. The smallest absolute Gasteiger partial charge is 0.299 e. The molecule has 0 amide bonds. The minimum absolute atomic E-state index is 0.242. The SMILES string of the molecule is CCC1(C)CN(c2ccc3nnc(C(F)F)n3n2)CCO1. The summed E-state index contributed by atoms with van der Waals surface area (Å²) in [6.07, 6.45) is -1.82. The van der Waals surface area contributed by atoms with Crippen LogP contribution in [0.25, 0.3) is 5.65 Å². The highest BCUT2D eigenvalue weighted by Crippen LogP contribution is 2.25. The van der Waals surface area contributed by atoms with Crippen LogP contribution in [0.2, 0.25) is 0 Å². The Bertz CT molecular complexity index is 647. The van der Waals surface area contributed by atoms with Crippen LogP contribution < -0.4 is 4.90 Å². The molecule has 0 saturated carbocycles. The third kappa shape index (κ3) is 2.55. The molecule has 0 aliphatic carbocycles. The summed E-state index contributed by atoms with van der Waals surface area (Å²) in [5.41, 5.74) is 0.0775. The van der Waals surface area contributed by atoms with E-state index in [1.165, 1.54) is 0 Å². The number of nitrogens with zero attached hydrogens (tertiary/aromatic N) is 5. The maximum Gasteiger partial charge on any atom is 0.299 e. The van der Waals surface area contributed by atoms with E-state index < -0.39 is 12.2 Å². The fraction of sp³-hybridized carbons (Fsp3) is 0.615. The summed E-state index contributed by atoms with van der Waals surface area (Å²) in [6, 6.07) is 3.43. The maximum absolute atomic E-state index is 12.9. The summed E-state index contributed by atoms with van der Waals surface area (Å²) in [7, 11) is 0. The minimum atomic E-state index is -2.70. The van der Waals surface area contributed by atoms with Crippen molar-refractivity contribution >= 4 is 11.5 Å². The van der Waals surface area contributed by atoms with Gasteiger partial charge in [0.1, 0.15) is 5.82 Å². The van der Waals surface area contributed by atoms with Crippen LogP contribution in [0.1, 0.15) is 32.5 Å². The maximum atomic E-state index is 12.9. The van der Waals surface area contributed by atoms with Gasteiger partial charge in [0.2, 0.25) is 5.82 Å². The van der Waals surface area contributed by atoms with Crippen LogP contribution in [0.5, 0.6) is 0 Å². The highest BCUT2D eigenvalue weighted by molar-refractivity contribution is 5.46. The van der Waals surface area contributed by atoms with E-state index >= 15 is 0 Å². The molecule has 0 radical (unpaired) electrons. The third-order valence-corrected chi connectivity index (χ3v) is 3.88. The number of halogens is 2. The van der Waals surface area contributed by atoms with Crippen molar-refractivity contribution in [2.45, 2.75) is 32.3 Å². The van der Waals surface area contributed by atoms with Gasteiger partial charge in [-0.3, -0.25) is 0 Å². The largest absolute Gasteiger partial charge is 0.372 e. The van der Waals surface area contributed by atoms with E-state index in [4.69, 9.17) is 4.74 Å². The molecule has 21 heavy (non-hydrogen) atoms. The number of fused-ring (bicyclic) bond motifs is 1. The van der Waals surface area contributed by atoms with Gasteiger partial charge in [-0.25, -0.2) is 8.78 Å². The van der Waals surface area contributed by atoms with Crippen LogP contribution in [0.4, 0.5) is 14.6 Å². The van der Waals surface area contributed by atoms with Gasteiger partial charge >= 0.3 is 0 Å². The van der Waals surface area contributed by atoms with Gasteiger partial charge in [0, 0.05) is 13.1 Å². The zero-order chi connectivity index (χ0) is 15.0. The second-order valence-corrected chi connectivity index (χ2v) is 5.39. The first kappa shape index (κ1) is 14.1. The van der Waals surface area contributed by atoms with E-state index in [2.05, 4.69) is 22.2 Å². The Morgan fingerprint density at radius 3 is 2.90 bits per heavy atom. The Morgan fingerprint density at radius 1 is 1.38 bits per heavy atom. The van der Waals surface area contributed by atoms with Crippen LogP contribution in [0.15, 0.2) is 12.1 Å². The van der Waals surface area contributed by atoms with E-state index in [0.29, 0.717) is 31.2 Å². The van der Waals surface area contributed by atoms with Gasteiger partial charge in [-0.15, -0.1) is 15.3 Å². The normalized spacial score (nSPS) is 23.2. The highest BCUT2D eigenvalue weighted by Gasteiger charge is 2.31. The topological polar surface area (TPSA) is 55.6 Å². The number of ether oxygens (including phenoxy) is 1. The van der Waals surface area contributed by atoms with Crippen LogP contribution in [0.3, 0.4) is 0 Å². The Hall–Kier alpha value is -1.83. The summed E-state index contributed by atoms with van der Waals surface area (Å²) >= 11 is 0. The molecule has 1 fully saturated rings. The summed E-state index contributed by atoms with van der Waals surface area (Å²) in [4.78, 5) is 2.04. The predicted molar refractivity (Wildman–Crippen MR) is 72.6 cm³/mol. The van der Waals surface area contributed by atoms with Crippen LogP contribution in [0, 0.1) is 0 Å². The van der Waals surface area contributed by atoms with Crippen LogP contribution >= 0.6 is 0 Å². The van der Waals surface area contributed by atoms with Crippen molar-refractivity contribution in [3.05, 3.63) is 18.0 Å². The zero-order valence-electron chi connectivity index (χ0n) is 12.0. The molecule has 2 aromatic rings. The van der Waals surface area contributed by atoms with Crippen molar-refractivity contribution in [2.75, 3.05) is 24.6 Å². The molecule has 1 aliphatic heterocycles. The standard InChI is InChI=1S/C13H17F2N5O/c1-3-13(2)8-19(6-7-21-13)10-5-4-9-16-17-12(11(14)15)20(9)18-10/h4-5,11H,3,6-8H2,1-2H3. The monoisotopic (exact) mass is 297 g/mol. The molecular weight excluding hydrogens is 280 g/mol. The summed E-state index contributed by atoms with van der Waals surface area (Å²) in [5, 5.41) is 11.4. The van der Waals surface area contributed by atoms with Crippen molar-refractivity contribution in [1.29, 1.82) is 0 Å². The van der Waals surface area contributed by atoms with Gasteiger partial charge in [0.25, 0.3) is 6.43 Å². The minimum Gasteiger partial charge on any atom is -0.372 e. The second-order valence-electron chi connectivity index (χ2n) is 5.39. The lowest BCUT2D eigenvalue weighted by molar-refractivity contribution is -0.0443. The van der Waals surface area contributed by atoms with Gasteiger partial charge in [0.05, 0.1) is 12.2 Å². The predicted octanol–water partition coefficient (Wildman–Crippen LogP) is 2.07. The lowest BCUT2D eigenvalue weighted by atomic mass is 10.0. The average Bonchev–Trinajstić information content (AvgIpc) is 2.90. The van der Waals surface area contributed by atoms with Crippen LogP contribution in [-0.4, -0.2) is 45.1 Å². The molecule has 0 bridgehead atoms. The Morgan fingerprint density at radius 2 is 2.19 bits per heavy atom. The number of rotatable bonds is 3. The number of hydrogen-bond acceptors (Lipinski definition) is 5. The molecule has 8 heteroatoms. The fourth-order valence-electron chi connectivity index (χ4n) is 2.44. The van der Waals surface area contributed by atoms with E-state index in [1.54, 1.807) is 12.1 Å². The van der Waals surface area contributed by atoms with Crippen molar-refractivity contribution in [3.8, 4) is 0 Å². The third-order valence-electron chi connectivity index (χ3n) is 3.88. The first-order valence-corrected chi connectivity index (χ1v) is 6.92. The van der Waals surface area contributed by atoms with Gasteiger partial charge in [-0.05, 0) is 25.5 Å². The summed E-state index contributed by atoms with van der Waals surface area (Å²) in [6.45, 7) is 6.05. The molecule has 2 aromatic heterocycles. The number of alkyl halides is 2. The molecule has 3 rings (SSSR count). The zero-order valence-corrected chi connectivity index (χ0v) is 12.0. The number of morpholine rings is 1. The molecule has 3 heterocycles. The first-order chi connectivity index (χ1) is 10.0. The Kier molecular flexibility index (Phi) is 3.48. The van der Waals surface area contributed by atoms with E-state index in [-0.39, 0.29) is 5.60 Å². The van der Waals surface area contributed by atoms with Gasteiger partial charge in [0.15, 0.2) is 5.65 Å². The quantitative estimate of drug-likeness (QED) is 0.868. The van der Waals surface area contributed by atoms with E-state index in [9.17, 15) is 8.78 Å². The molecule has 1 unspecified atom stereocenters. The molecule has 114 valence electrons. The van der Waals surface area contributed by atoms with Gasteiger partial charge in [-0.1, -0.05) is 6.92 Å². The van der Waals surface area contributed by atoms with Crippen molar-refractivity contribution < 1.29 is 13.5 Å². The van der Waals surface area contributed by atoms with Gasteiger partial charge in [-0.2, -0.15) is 4.52 Å². The first-order valence-electron chi connectivity index (χ1n) is 6.92. The molecule has 1 atom stereocenters. The van der Waals surface area contributed by atoms with Gasteiger partial charge < -0.3 is 9.64 Å². The highest BCUT2D eigenvalue weighted by atomic mass is 19.3. The summed E-state index contributed by atoms with van der Waals surface area (Å²) < 4.78 is 32.7. The van der Waals surface area contributed by atoms with Crippen molar-refractivity contribution in [2.24, 2.45) is 0 Å². The molecular formula is C13H17F2N5O.